The van der Waals surface area contributed by atoms with Gasteiger partial charge < -0.3 is 5.73 Å². The van der Waals surface area contributed by atoms with Gasteiger partial charge in [0.15, 0.2) is 0 Å². The lowest BCUT2D eigenvalue weighted by Gasteiger charge is -2.40. The molecule has 4 nitrogen and oxygen atoms in total. The Bertz CT molecular complexity index is 1360. The highest BCUT2D eigenvalue weighted by molar-refractivity contribution is 9.10. The van der Waals surface area contributed by atoms with E-state index in [0.717, 1.165) is 24.3 Å². The Morgan fingerprint density at radius 3 is 1.00 bits per heavy atom. The summed E-state index contributed by atoms with van der Waals surface area (Å²) in [7, 11) is -28.7. The van der Waals surface area contributed by atoms with E-state index in [2.05, 4.69) is 15.9 Å². The van der Waals surface area contributed by atoms with Crippen LogP contribution in [0.3, 0.4) is 0 Å². The zero-order chi connectivity index (χ0) is 32.8. The number of nitro groups is 1. The molecule has 3 rings (SSSR count). The van der Waals surface area contributed by atoms with Gasteiger partial charge in [0.1, 0.15) is 14.7 Å². The number of rotatable bonds is 4. The fourth-order valence-corrected chi connectivity index (χ4v) is 4.46. The van der Waals surface area contributed by atoms with Gasteiger partial charge in [-0.3, -0.25) is 10.1 Å². The molecule has 0 amide bonds. The summed E-state index contributed by atoms with van der Waals surface area (Å²) < 4.78 is 181. The number of nitrogens with zero attached hydrogens (tertiary/aromatic N) is 1. The zero-order valence-electron chi connectivity index (χ0n) is 19.0. The van der Waals surface area contributed by atoms with Crippen LogP contribution in [-0.2, 0) is 0 Å². The summed E-state index contributed by atoms with van der Waals surface area (Å²) in [4.78, 5) is 3.16. The molecular formula is C18H14BrF15N2O2S3. The molecule has 0 saturated carbocycles. The summed E-state index contributed by atoms with van der Waals surface area (Å²) in [5.74, 6) is 0. The predicted molar refractivity (Wildman–Crippen MR) is 132 cm³/mol. The fourth-order valence-electron chi connectivity index (χ4n) is 2.24. The first-order valence-electron chi connectivity index (χ1n) is 9.46. The Kier molecular flexibility index (Phi) is 7.71. The van der Waals surface area contributed by atoms with Gasteiger partial charge in [-0.25, -0.2) is 0 Å². The molecule has 0 unspecified atom stereocenters. The van der Waals surface area contributed by atoms with Gasteiger partial charge in [-0.2, -0.15) is 0 Å². The second-order valence-electron chi connectivity index (χ2n) is 7.68. The van der Waals surface area contributed by atoms with Crippen LogP contribution in [0.4, 0.5) is 69.7 Å². The van der Waals surface area contributed by atoms with Gasteiger partial charge >= 0.3 is 30.7 Å². The van der Waals surface area contributed by atoms with E-state index in [-0.39, 0.29) is 30.0 Å². The van der Waals surface area contributed by atoms with Crippen molar-refractivity contribution in [2.24, 2.45) is 0 Å². The summed E-state index contributed by atoms with van der Waals surface area (Å²) in [5, 5.41) is 10.1. The SMILES string of the molecule is FS(F)(F)(F)(F)c1ccc(Br)cc1.Nc1ccc(S(F)(F)(F)(F)F)cc1.O=[N+]([O-])c1ccc(S(F)(F)(F)(F)F)cc1. The fraction of sp³-hybridized carbons (Fsp3) is 0. The largest absolute Gasteiger partial charge is 0.399 e. The van der Waals surface area contributed by atoms with Crippen molar-refractivity contribution in [3.63, 3.8) is 0 Å². The van der Waals surface area contributed by atoms with Crippen LogP contribution < -0.4 is 5.73 Å². The maximum Gasteiger partial charge on any atom is 0.310 e. The highest BCUT2D eigenvalue weighted by atomic mass is 79.9. The van der Waals surface area contributed by atoms with Gasteiger partial charge in [-0.1, -0.05) is 74.2 Å². The van der Waals surface area contributed by atoms with E-state index in [1.54, 1.807) is 0 Å². The summed E-state index contributed by atoms with van der Waals surface area (Å²) in [6.45, 7) is 0. The average molecular weight is 751 g/mol. The first-order valence-corrected chi connectivity index (χ1v) is 16.1. The quantitative estimate of drug-likeness (QED) is 0.125. The molecule has 0 aromatic heterocycles. The molecule has 0 heterocycles. The molecule has 0 fully saturated rings. The molecular weight excluding hydrogens is 737 g/mol. The van der Waals surface area contributed by atoms with Gasteiger partial charge in [0.2, 0.25) is 0 Å². The van der Waals surface area contributed by atoms with E-state index < -0.39 is 56.0 Å². The topological polar surface area (TPSA) is 69.2 Å². The lowest BCUT2D eigenvalue weighted by atomic mass is 10.3. The molecule has 0 aliphatic heterocycles. The van der Waals surface area contributed by atoms with E-state index >= 15 is 0 Å². The highest BCUT2D eigenvalue weighted by Gasteiger charge is 2.66. The average Bonchev–Trinajstić information content (AvgIpc) is 2.70. The minimum Gasteiger partial charge on any atom is -0.399 e. The molecule has 0 spiro atoms. The molecule has 238 valence electrons. The second kappa shape index (κ2) is 8.69. The van der Waals surface area contributed by atoms with Crippen molar-refractivity contribution in [1.29, 1.82) is 0 Å². The standard InChI is InChI=1S/C6H4BrF5S.C6H4F5NO2S.C6H6F5NS/c7-5-1-3-6(4-2-5)13(8,9,10,11)12;7-15(8,9,10,11)6-3-1-5(2-4-6)12(13)14;7-13(8,9,10,11)6-3-1-5(12)2-4-6/h1-4H;1-4H;1-4H,12H2. The summed E-state index contributed by atoms with van der Waals surface area (Å²) in [6, 6.07) is 5.44. The van der Waals surface area contributed by atoms with Crippen molar-refractivity contribution in [3.05, 3.63) is 87.4 Å². The van der Waals surface area contributed by atoms with Crippen molar-refractivity contribution >= 4 is 58.0 Å². The van der Waals surface area contributed by atoms with E-state index in [9.17, 15) is 68.4 Å². The highest BCUT2D eigenvalue weighted by Crippen LogP contribution is 3.03. The molecule has 0 atom stereocenters. The third kappa shape index (κ3) is 12.4. The van der Waals surface area contributed by atoms with Gasteiger partial charge in [-0.15, -0.1) is 0 Å². The van der Waals surface area contributed by atoms with Crippen LogP contribution in [0, 0.1) is 10.1 Å². The van der Waals surface area contributed by atoms with Crippen LogP contribution in [-0.4, -0.2) is 4.92 Å². The molecule has 23 heteroatoms. The zero-order valence-corrected chi connectivity index (χ0v) is 23.1. The number of halogens is 16. The van der Waals surface area contributed by atoms with Crippen molar-refractivity contribution in [3.8, 4) is 0 Å². The maximum atomic E-state index is 12.1. The van der Waals surface area contributed by atoms with Crippen molar-refractivity contribution in [1.82, 2.24) is 0 Å². The van der Waals surface area contributed by atoms with Crippen LogP contribution in [0.25, 0.3) is 0 Å². The van der Waals surface area contributed by atoms with Gasteiger partial charge in [0.05, 0.1) is 4.92 Å². The molecule has 0 saturated heterocycles. The number of non-ortho nitro benzene ring substituents is 1. The van der Waals surface area contributed by atoms with Gasteiger partial charge in [0, 0.05) is 22.3 Å². The second-order valence-corrected chi connectivity index (χ2v) is 15.8. The number of anilines is 1. The van der Waals surface area contributed by atoms with Crippen LogP contribution in [0.5, 0.6) is 0 Å². The molecule has 0 aliphatic carbocycles. The Labute approximate surface area is 228 Å². The number of benzene rings is 3. The Morgan fingerprint density at radius 2 is 0.756 bits per heavy atom. The third-order valence-corrected chi connectivity index (χ3v) is 8.10. The number of hydrogen-bond donors (Lipinski definition) is 1. The normalized spacial score (nSPS) is 17.3. The number of nitrogen functional groups attached to an aromatic ring is 1. The maximum absolute atomic E-state index is 12.1. The minimum atomic E-state index is -9.71. The monoisotopic (exact) mass is 750 g/mol. The molecule has 2 N–H and O–H groups in total. The number of hydrogen-bond acceptors (Lipinski definition) is 3. The van der Waals surface area contributed by atoms with Crippen molar-refractivity contribution in [2.45, 2.75) is 14.7 Å². The predicted octanol–water partition coefficient (Wildman–Crippen LogP) is 13.3. The first kappa shape index (κ1) is 36.4. The first-order chi connectivity index (χ1) is 17.4. The Hall–Kier alpha value is -2.66. The lowest BCUT2D eigenvalue weighted by molar-refractivity contribution is -0.384. The van der Waals surface area contributed by atoms with Crippen molar-refractivity contribution in [2.75, 3.05) is 5.73 Å². The smallest absolute Gasteiger partial charge is 0.310 e. The van der Waals surface area contributed by atoms with Gasteiger partial charge in [-0.05, 0) is 60.7 Å². The Morgan fingerprint density at radius 1 is 0.512 bits per heavy atom. The van der Waals surface area contributed by atoms with E-state index in [4.69, 9.17) is 5.73 Å². The van der Waals surface area contributed by atoms with Crippen LogP contribution >= 0.6 is 46.6 Å². The molecule has 0 radical (unpaired) electrons. The molecule has 0 aliphatic rings. The van der Waals surface area contributed by atoms with E-state index in [1.165, 1.54) is 0 Å². The van der Waals surface area contributed by atoms with Gasteiger partial charge in [0.25, 0.3) is 5.69 Å². The molecule has 41 heavy (non-hydrogen) atoms. The van der Waals surface area contributed by atoms with E-state index in [0.29, 0.717) is 28.7 Å². The molecule has 3 aromatic rings. The third-order valence-electron chi connectivity index (χ3n) is 4.08. The number of nitro benzene ring substituents is 1. The van der Waals surface area contributed by atoms with Crippen LogP contribution in [0.2, 0.25) is 0 Å². The molecule has 0 bridgehead atoms. The van der Waals surface area contributed by atoms with Crippen LogP contribution in [0.1, 0.15) is 0 Å². The van der Waals surface area contributed by atoms with E-state index in [1.807, 2.05) is 0 Å². The Balaban J connectivity index is 0.000000309. The van der Waals surface area contributed by atoms with Crippen molar-refractivity contribution < 1.29 is 63.2 Å². The number of nitrogens with two attached hydrogens (primary N) is 1. The lowest BCUT2D eigenvalue weighted by Crippen LogP contribution is -2.05. The summed E-state index contributed by atoms with van der Waals surface area (Å²) in [6.07, 6.45) is 0. The van der Waals surface area contributed by atoms with Crippen LogP contribution in [0.15, 0.2) is 92.0 Å². The summed E-state index contributed by atoms with van der Waals surface area (Å²) >= 11 is 2.85. The minimum absolute atomic E-state index is 0.000309. The molecule has 3 aromatic carbocycles. The summed E-state index contributed by atoms with van der Waals surface area (Å²) in [5.41, 5.74) is 4.38.